The molecule has 28 heavy (non-hydrogen) atoms. The Balaban J connectivity index is 1.59. The lowest BCUT2D eigenvalue weighted by Crippen LogP contribution is -2.36. The molecule has 8 nitrogen and oxygen atoms in total. The van der Waals surface area contributed by atoms with Gasteiger partial charge in [-0.3, -0.25) is 4.79 Å². The van der Waals surface area contributed by atoms with Gasteiger partial charge in [-0.15, -0.1) is 4.68 Å². The van der Waals surface area contributed by atoms with E-state index >= 15 is 0 Å². The average Bonchev–Trinajstić information content (AvgIpc) is 3.17. The lowest BCUT2D eigenvalue weighted by Gasteiger charge is -2.29. The van der Waals surface area contributed by atoms with Gasteiger partial charge in [-0.1, -0.05) is 0 Å². The number of hydrogen-bond acceptors (Lipinski definition) is 5. The molecule has 0 spiro atoms. The van der Waals surface area contributed by atoms with Crippen LogP contribution in [0, 0.1) is 21.7 Å². The minimum atomic E-state index is -0.683. The number of aromatic nitrogens is 3. The second-order valence-electron chi connectivity index (χ2n) is 6.28. The Morgan fingerprint density at radius 1 is 1.21 bits per heavy atom. The normalized spacial score (nSPS) is 13.3. The summed E-state index contributed by atoms with van der Waals surface area (Å²) in [5.41, 5.74) is 1.15. The van der Waals surface area contributed by atoms with E-state index in [0.29, 0.717) is 23.2 Å². The van der Waals surface area contributed by atoms with Gasteiger partial charge in [0.2, 0.25) is 0 Å². The molecule has 0 unspecified atom stereocenters. The van der Waals surface area contributed by atoms with Crippen molar-refractivity contribution >= 4 is 11.7 Å². The quantitative estimate of drug-likeness (QED) is 0.510. The van der Waals surface area contributed by atoms with Gasteiger partial charge in [0, 0.05) is 30.9 Å². The molecule has 0 N–H and O–H groups in total. The number of nitro groups is 1. The van der Waals surface area contributed by atoms with E-state index in [0.717, 1.165) is 6.07 Å². The van der Waals surface area contributed by atoms with Crippen molar-refractivity contribution in [2.24, 2.45) is 0 Å². The molecule has 1 aliphatic heterocycles. The minimum Gasteiger partial charge on any atom is -0.358 e. The molecule has 3 aromatic rings. The van der Waals surface area contributed by atoms with E-state index in [2.05, 4.69) is 10.1 Å². The molecule has 0 atom stereocenters. The molecule has 0 aliphatic carbocycles. The Morgan fingerprint density at radius 3 is 2.79 bits per heavy atom. The number of benzene rings is 1. The summed E-state index contributed by atoms with van der Waals surface area (Å²) in [5, 5.41) is 14.6. The zero-order chi connectivity index (χ0) is 19.8. The maximum absolute atomic E-state index is 13.9. The zero-order valence-electron chi connectivity index (χ0n) is 14.4. The van der Waals surface area contributed by atoms with Gasteiger partial charge < -0.3 is 15.0 Å². The minimum absolute atomic E-state index is 0.0910. The number of fused-ring (bicyclic) bond motifs is 1. The second-order valence-corrected chi connectivity index (χ2v) is 6.28. The molecule has 1 aliphatic rings. The number of hydrogen-bond donors (Lipinski definition) is 0. The maximum Gasteiger partial charge on any atom is 0.390 e. The van der Waals surface area contributed by atoms with Gasteiger partial charge >= 0.3 is 5.82 Å². The Kier molecular flexibility index (Phi) is 4.30. The van der Waals surface area contributed by atoms with Crippen molar-refractivity contribution in [2.45, 2.75) is 13.0 Å². The summed E-state index contributed by atoms with van der Waals surface area (Å²) in [7, 11) is 0. The number of halogens is 2. The van der Waals surface area contributed by atoms with Crippen molar-refractivity contribution in [3.63, 3.8) is 0 Å². The maximum atomic E-state index is 13.9. The van der Waals surface area contributed by atoms with Gasteiger partial charge in [0.25, 0.3) is 5.91 Å². The van der Waals surface area contributed by atoms with Crippen molar-refractivity contribution < 1.29 is 18.5 Å². The molecular weight excluding hydrogens is 372 g/mol. The van der Waals surface area contributed by atoms with E-state index in [1.54, 1.807) is 0 Å². The van der Waals surface area contributed by atoms with Gasteiger partial charge in [0.1, 0.15) is 11.6 Å². The van der Waals surface area contributed by atoms with Crippen LogP contribution >= 0.6 is 0 Å². The fourth-order valence-electron chi connectivity index (χ4n) is 3.18. The molecule has 2 aromatic heterocycles. The highest BCUT2D eigenvalue weighted by molar-refractivity contribution is 5.94. The monoisotopic (exact) mass is 385 g/mol. The third-order valence-electron chi connectivity index (χ3n) is 4.52. The summed E-state index contributed by atoms with van der Waals surface area (Å²) in [6, 6.07) is 6.26. The summed E-state index contributed by atoms with van der Waals surface area (Å²) >= 11 is 0. The number of rotatable bonds is 3. The van der Waals surface area contributed by atoms with Gasteiger partial charge in [0.15, 0.2) is 5.82 Å². The van der Waals surface area contributed by atoms with Crippen LogP contribution in [0.1, 0.15) is 21.5 Å². The fourth-order valence-corrected chi connectivity index (χ4v) is 3.18. The van der Waals surface area contributed by atoms with E-state index in [1.807, 2.05) is 0 Å². The van der Waals surface area contributed by atoms with Gasteiger partial charge in [-0.05, 0) is 40.7 Å². The summed E-state index contributed by atoms with van der Waals surface area (Å²) in [6.45, 7) is 0.382. The lowest BCUT2D eigenvalue weighted by molar-refractivity contribution is -0.389. The highest BCUT2D eigenvalue weighted by Crippen LogP contribution is 2.24. The van der Waals surface area contributed by atoms with Crippen LogP contribution < -0.4 is 0 Å². The molecule has 0 radical (unpaired) electrons. The third kappa shape index (κ3) is 3.20. The highest BCUT2D eigenvalue weighted by atomic mass is 19.1. The number of carbonyl (C=O) groups is 1. The molecule has 4 rings (SSSR count). The Morgan fingerprint density at radius 2 is 2.04 bits per heavy atom. The average molecular weight is 385 g/mol. The van der Waals surface area contributed by atoms with Crippen LogP contribution in [0.4, 0.5) is 14.6 Å². The standard InChI is InChI=1S/C18H13F2N5O3/c19-13-7-12-10-23(5-2-14(12)15(20)9-13)18(26)11-1-4-21-17(8-11)24-6-3-16(22-24)25(27)28/h1,3-4,6-9H,2,5,10H2. The van der Waals surface area contributed by atoms with Crippen LogP contribution in [0.2, 0.25) is 0 Å². The van der Waals surface area contributed by atoms with Crippen LogP contribution in [0.3, 0.4) is 0 Å². The van der Waals surface area contributed by atoms with Crippen LogP contribution in [0.25, 0.3) is 5.82 Å². The van der Waals surface area contributed by atoms with Crippen LogP contribution in [-0.2, 0) is 13.0 Å². The molecule has 1 amide bonds. The third-order valence-corrected chi connectivity index (χ3v) is 4.52. The van der Waals surface area contributed by atoms with Gasteiger partial charge in [-0.25, -0.2) is 13.8 Å². The summed E-state index contributed by atoms with van der Waals surface area (Å²) in [6.07, 6.45) is 3.06. The fraction of sp³-hybridized carbons (Fsp3) is 0.167. The Labute approximate surface area is 157 Å². The van der Waals surface area contributed by atoms with E-state index in [-0.39, 0.29) is 30.5 Å². The first-order valence-corrected chi connectivity index (χ1v) is 8.35. The van der Waals surface area contributed by atoms with Crippen molar-refractivity contribution in [1.82, 2.24) is 19.7 Å². The van der Waals surface area contributed by atoms with Crippen molar-refractivity contribution in [1.29, 1.82) is 0 Å². The van der Waals surface area contributed by atoms with Crippen LogP contribution in [0.15, 0.2) is 42.7 Å². The molecule has 0 fully saturated rings. The zero-order valence-corrected chi connectivity index (χ0v) is 14.4. The van der Waals surface area contributed by atoms with Crippen molar-refractivity contribution in [3.8, 4) is 5.82 Å². The first-order valence-electron chi connectivity index (χ1n) is 8.35. The number of carbonyl (C=O) groups excluding carboxylic acids is 1. The van der Waals surface area contributed by atoms with E-state index in [4.69, 9.17) is 0 Å². The largest absolute Gasteiger partial charge is 0.390 e. The predicted octanol–water partition coefficient (Wildman–Crippen LogP) is 2.65. The van der Waals surface area contributed by atoms with Crippen LogP contribution in [-0.4, -0.2) is 37.0 Å². The topological polar surface area (TPSA) is 94.2 Å². The smallest absolute Gasteiger partial charge is 0.358 e. The first kappa shape index (κ1) is 17.7. The molecule has 0 saturated heterocycles. The van der Waals surface area contributed by atoms with Crippen LogP contribution in [0.5, 0.6) is 0 Å². The molecule has 0 bridgehead atoms. The molecule has 142 valence electrons. The SMILES string of the molecule is O=C(c1ccnc(-n2ccc([N+](=O)[O-])n2)c1)N1CCc2c(F)cc(F)cc2C1. The van der Waals surface area contributed by atoms with Crippen molar-refractivity contribution in [2.75, 3.05) is 6.54 Å². The van der Waals surface area contributed by atoms with Crippen molar-refractivity contribution in [3.05, 3.63) is 81.2 Å². The highest BCUT2D eigenvalue weighted by Gasteiger charge is 2.25. The summed E-state index contributed by atoms with van der Waals surface area (Å²) < 4.78 is 28.6. The Hall–Kier alpha value is -3.69. The summed E-state index contributed by atoms with van der Waals surface area (Å²) in [5.74, 6) is -1.71. The number of pyridine rings is 1. The first-order chi connectivity index (χ1) is 13.4. The van der Waals surface area contributed by atoms with Gasteiger partial charge in [0.05, 0.1) is 17.4 Å². The predicted molar refractivity (Wildman–Crippen MR) is 92.8 cm³/mol. The van der Waals surface area contributed by atoms with Gasteiger partial charge in [-0.2, -0.15) is 0 Å². The second kappa shape index (κ2) is 6.80. The molecular formula is C18H13F2N5O3. The van der Waals surface area contributed by atoms with E-state index in [1.165, 1.54) is 46.2 Å². The molecule has 1 aromatic carbocycles. The molecule has 3 heterocycles. The Bertz CT molecular complexity index is 1100. The molecule has 0 saturated carbocycles. The number of amides is 1. The number of nitrogens with zero attached hydrogens (tertiary/aromatic N) is 5. The van der Waals surface area contributed by atoms with E-state index in [9.17, 15) is 23.7 Å². The summed E-state index contributed by atoms with van der Waals surface area (Å²) in [4.78, 5) is 28.6. The molecule has 10 heteroatoms. The van der Waals surface area contributed by atoms with E-state index < -0.39 is 16.6 Å². The lowest BCUT2D eigenvalue weighted by atomic mass is 9.98.